The number of esters is 1. The molecule has 0 aromatic carbocycles. The molecule has 0 aromatic rings. The zero-order valence-corrected chi connectivity index (χ0v) is 17.0. The minimum Gasteiger partial charge on any atom is -0.460 e. The molecule has 0 fully saturated rings. The molecule has 0 spiro atoms. The lowest BCUT2D eigenvalue weighted by Crippen LogP contribution is -2.20. The van der Waals surface area contributed by atoms with Gasteiger partial charge in [-0.25, -0.2) is 0 Å². The monoisotopic (exact) mass is 370 g/mol. The molecule has 0 aromatic heterocycles. The van der Waals surface area contributed by atoms with Crippen molar-refractivity contribution in [1.29, 1.82) is 0 Å². The van der Waals surface area contributed by atoms with Gasteiger partial charge in [0, 0.05) is 13.0 Å². The first-order valence-corrected chi connectivity index (χ1v) is 10.8. The zero-order valence-electron chi connectivity index (χ0n) is 17.0. The van der Waals surface area contributed by atoms with Crippen molar-refractivity contribution in [2.45, 2.75) is 109 Å². The van der Waals surface area contributed by atoms with E-state index in [-0.39, 0.29) is 18.7 Å². The summed E-state index contributed by atoms with van der Waals surface area (Å²) in [5.41, 5.74) is 0. The van der Waals surface area contributed by atoms with Gasteiger partial charge in [0.2, 0.25) is 0 Å². The van der Waals surface area contributed by atoms with Crippen molar-refractivity contribution < 1.29 is 19.7 Å². The molecule has 0 rings (SSSR count). The Morgan fingerprint density at radius 1 is 0.808 bits per heavy atom. The quantitative estimate of drug-likeness (QED) is 0.184. The Labute approximate surface area is 161 Å². The van der Waals surface area contributed by atoms with Crippen LogP contribution in [0.1, 0.15) is 103 Å². The first-order valence-electron chi connectivity index (χ1n) is 10.8. The summed E-state index contributed by atoms with van der Waals surface area (Å²) in [7, 11) is 0. The van der Waals surface area contributed by atoms with Gasteiger partial charge in [0.05, 0.1) is 6.61 Å². The van der Waals surface area contributed by atoms with Crippen molar-refractivity contribution in [2.75, 3.05) is 13.2 Å². The van der Waals surface area contributed by atoms with Crippen molar-refractivity contribution in [3.8, 4) is 0 Å². The highest BCUT2D eigenvalue weighted by Crippen LogP contribution is 2.10. The van der Waals surface area contributed by atoms with Gasteiger partial charge >= 0.3 is 5.97 Å². The maximum Gasteiger partial charge on any atom is 0.306 e. The Kier molecular flexibility index (Phi) is 19.8. The molecule has 0 radical (unpaired) electrons. The molecule has 0 bridgehead atoms. The van der Waals surface area contributed by atoms with Crippen LogP contribution in [0.5, 0.6) is 0 Å². The van der Waals surface area contributed by atoms with E-state index in [9.17, 15) is 4.79 Å². The molecule has 1 unspecified atom stereocenters. The topological polar surface area (TPSA) is 66.8 Å². The van der Waals surface area contributed by atoms with E-state index in [1.54, 1.807) is 0 Å². The van der Waals surface area contributed by atoms with E-state index in [4.69, 9.17) is 14.9 Å². The lowest BCUT2D eigenvalue weighted by atomic mass is 10.1. The number of ether oxygens (including phenoxy) is 1. The van der Waals surface area contributed by atoms with Crippen LogP contribution in [-0.4, -0.2) is 35.5 Å². The number of aliphatic hydroxyl groups excluding tert-OH is 2. The van der Waals surface area contributed by atoms with Crippen molar-refractivity contribution in [3.63, 3.8) is 0 Å². The van der Waals surface area contributed by atoms with Crippen LogP contribution in [0.3, 0.4) is 0 Å². The second kappa shape index (κ2) is 20.4. The molecule has 0 aliphatic heterocycles. The molecular formula is C22H42O4. The molecule has 0 amide bonds. The van der Waals surface area contributed by atoms with Crippen LogP contribution in [0.4, 0.5) is 0 Å². The number of carbonyl (C=O) groups excluding carboxylic acids is 1. The molecule has 0 heterocycles. The predicted octanol–water partition coefficient (Wildman–Crippen LogP) is 5.31. The van der Waals surface area contributed by atoms with Crippen LogP contribution in [0.25, 0.3) is 0 Å². The van der Waals surface area contributed by atoms with Gasteiger partial charge in [-0.3, -0.25) is 4.79 Å². The molecule has 26 heavy (non-hydrogen) atoms. The Morgan fingerprint density at radius 2 is 1.31 bits per heavy atom. The highest BCUT2D eigenvalue weighted by Gasteiger charge is 2.10. The SMILES string of the molecule is CCC(CO)OC(=O)CCCCCCC/C=C/CCCCCCCCO. The van der Waals surface area contributed by atoms with Gasteiger partial charge in [-0.15, -0.1) is 0 Å². The maximum absolute atomic E-state index is 11.6. The summed E-state index contributed by atoms with van der Waals surface area (Å²) in [4.78, 5) is 11.6. The third kappa shape index (κ3) is 17.9. The minimum atomic E-state index is -0.333. The second-order valence-electron chi connectivity index (χ2n) is 7.11. The van der Waals surface area contributed by atoms with Gasteiger partial charge in [-0.2, -0.15) is 0 Å². The molecule has 0 aliphatic rings. The van der Waals surface area contributed by atoms with Gasteiger partial charge in [0.15, 0.2) is 0 Å². The predicted molar refractivity (Wildman–Crippen MR) is 108 cm³/mol. The summed E-state index contributed by atoms with van der Waals surface area (Å²) in [5.74, 6) is -0.178. The molecule has 4 nitrogen and oxygen atoms in total. The van der Waals surface area contributed by atoms with Crippen LogP contribution in [-0.2, 0) is 9.53 Å². The summed E-state index contributed by atoms with van der Waals surface area (Å²) in [6, 6.07) is 0. The van der Waals surface area contributed by atoms with E-state index < -0.39 is 0 Å². The third-order valence-corrected chi connectivity index (χ3v) is 4.65. The number of aliphatic hydroxyl groups is 2. The third-order valence-electron chi connectivity index (χ3n) is 4.65. The Balaban J connectivity index is 3.27. The van der Waals surface area contributed by atoms with Crippen LogP contribution < -0.4 is 0 Å². The average molecular weight is 371 g/mol. The van der Waals surface area contributed by atoms with Crippen LogP contribution >= 0.6 is 0 Å². The van der Waals surface area contributed by atoms with Gasteiger partial charge in [0.1, 0.15) is 6.10 Å². The van der Waals surface area contributed by atoms with Crippen LogP contribution in [0, 0.1) is 0 Å². The van der Waals surface area contributed by atoms with Gasteiger partial charge in [-0.1, -0.05) is 64.0 Å². The summed E-state index contributed by atoms with van der Waals surface area (Å²) in [6.45, 7) is 2.16. The standard InChI is InChI=1S/C22H42O4/c1-2-21(20-24)26-22(25)18-16-14-12-10-8-6-4-3-5-7-9-11-13-15-17-19-23/h3-4,21,23-24H,2,5-20H2,1H3/b4-3+. The van der Waals surface area contributed by atoms with Crippen molar-refractivity contribution >= 4 is 5.97 Å². The van der Waals surface area contributed by atoms with E-state index in [2.05, 4.69) is 12.2 Å². The van der Waals surface area contributed by atoms with E-state index in [1.807, 2.05) is 6.92 Å². The number of hydrogen-bond donors (Lipinski definition) is 2. The Morgan fingerprint density at radius 3 is 1.81 bits per heavy atom. The molecule has 0 saturated carbocycles. The fourth-order valence-corrected chi connectivity index (χ4v) is 2.87. The maximum atomic E-state index is 11.6. The number of allylic oxidation sites excluding steroid dienone is 2. The first-order chi connectivity index (χ1) is 12.7. The summed E-state index contributed by atoms with van der Waals surface area (Å²) in [5, 5.41) is 17.7. The van der Waals surface area contributed by atoms with Gasteiger partial charge in [0.25, 0.3) is 0 Å². The summed E-state index contributed by atoms with van der Waals surface area (Å²) in [6.07, 6.45) is 20.6. The molecule has 2 N–H and O–H groups in total. The van der Waals surface area contributed by atoms with Gasteiger partial charge < -0.3 is 14.9 Å². The highest BCUT2D eigenvalue weighted by atomic mass is 16.5. The fraction of sp³-hybridized carbons (Fsp3) is 0.864. The minimum absolute atomic E-state index is 0.0830. The van der Waals surface area contributed by atoms with Gasteiger partial charge in [-0.05, 0) is 44.9 Å². The normalized spacial score (nSPS) is 12.6. The second-order valence-corrected chi connectivity index (χ2v) is 7.11. The number of hydrogen-bond acceptors (Lipinski definition) is 4. The Bertz CT molecular complexity index is 324. The molecule has 1 atom stereocenters. The zero-order chi connectivity index (χ0) is 19.3. The lowest BCUT2D eigenvalue weighted by Gasteiger charge is -2.12. The van der Waals surface area contributed by atoms with Crippen molar-refractivity contribution in [1.82, 2.24) is 0 Å². The van der Waals surface area contributed by atoms with E-state index in [0.717, 1.165) is 32.1 Å². The first kappa shape index (κ1) is 25.1. The average Bonchev–Trinajstić information content (AvgIpc) is 2.65. The molecule has 0 aliphatic carbocycles. The molecule has 0 saturated heterocycles. The van der Waals surface area contributed by atoms with E-state index >= 15 is 0 Å². The molecule has 154 valence electrons. The van der Waals surface area contributed by atoms with Crippen LogP contribution in [0.15, 0.2) is 12.2 Å². The number of carbonyl (C=O) groups is 1. The largest absolute Gasteiger partial charge is 0.460 e. The fourth-order valence-electron chi connectivity index (χ4n) is 2.87. The summed E-state index contributed by atoms with van der Waals surface area (Å²) >= 11 is 0. The lowest BCUT2D eigenvalue weighted by molar-refractivity contribution is -0.151. The number of rotatable bonds is 19. The smallest absolute Gasteiger partial charge is 0.306 e. The summed E-state index contributed by atoms with van der Waals surface area (Å²) < 4.78 is 5.16. The number of unbranched alkanes of at least 4 members (excludes halogenated alkanes) is 11. The molecular weight excluding hydrogens is 328 g/mol. The van der Waals surface area contributed by atoms with Crippen LogP contribution in [0.2, 0.25) is 0 Å². The van der Waals surface area contributed by atoms with E-state index in [0.29, 0.717) is 19.4 Å². The van der Waals surface area contributed by atoms with E-state index in [1.165, 1.54) is 51.4 Å². The van der Waals surface area contributed by atoms with Crippen molar-refractivity contribution in [3.05, 3.63) is 12.2 Å². The van der Waals surface area contributed by atoms with Crippen molar-refractivity contribution in [2.24, 2.45) is 0 Å². The highest BCUT2D eigenvalue weighted by molar-refractivity contribution is 5.69. The molecule has 4 heteroatoms. The Hall–Kier alpha value is -0.870.